The fourth-order valence-corrected chi connectivity index (χ4v) is 2.22. The van der Waals surface area contributed by atoms with Crippen LogP contribution in [0.25, 0.3) is 0 Å². The first-order chi connectivity index (χ1) is 8.81. The Morgan fingerprint density at radius 3 is 2.68 bits per heavy atom. The average Bonchev–Trinajstić information content (AvgIpc) is 2.46. The minimum absolute atomic E-state index is 0. The summed E-state index contributed by atoms with van der Waals surface area (Å²) in [7, 11) is 1.66. The normalized spacial score (nSPS) is 14.7. The molecule has 1 aromatic rings. The number of benzene rings is 1. The number of amides is 1. The van der Waals surface area contributed by atoms with E-state index >= 15 is 0 Å². The van der Waals surface area contributed by atoms with Crippen LogP contribution in [0.15, 0.2) is 24.3 Å². The van der Waals surface area contributed by atoms with Crippen molar-refractivity contribution in [3.63, 3.8) is 0 Å². The van der Waals surface area contributed by atoms with Crippen molar-refractivity contribution in [2.45, 2.75) is 12.8 Å². The highest BCUT2D eigenvalue weighted by atomic mass is 35.5. The molecule has 2 rings (SSSR count). The van der Waals surface area contributed by atoms with Crippen molar-refractivity contribution in [3.05, 3.63) is 29.8 Å². The lowest BCUT2D eigenvalue weighted by atomic mass is 10.1. The number of para-hydroxylation sites is 1. The van der Waals surface area contributed by atoms with Crippen molar-refractivity contribution < 1.29 is 9.53 Å². The van der Waals surface area contributed by atoms with Crippen molar-refractivity contribution >= 4 is 18.3 Å². The first-order valence-electron chi connectivity index (χ1n) is 6.41. The third-order valence-corrected chi connectivity index (χ3v) is 3.27. The Kier molecular flexibility index (Phi) is 6.67. The molecule has 4 nitrogen and oxygen atoms in total. The molecule has 1 aromatic carbocycles. The number of hydrogen-bond donors (Lipinski definition) is 1. The molecule has 5 heteroatoms. The number of nitrogens with zero attached hydrogens (tertiary/aromatic N) is 1. The zero-order chi connectivity index (χ0) is 12.8. The lowest BCUT2D eigenvalue weighted by Crippen LogP contribution is -2.46. The average molecular weight is 285 g/mol. The molecule has 106 valence electrons. The van der Waals surface area contributed by atoms with Gasteiger partial charge in [-0.25, -0.2) is 0 Å². The van der Waals surface area contributed by atoms with Crippen molar-refractivity contribution in [1.82, 2.24) is 10.2 Å². The number of hydrogen-bond acceptors (Lipinski definition) is 3. The molecule has 0 bridgehead atoms. The summed E-state index contributed by atoms with van der Waals surface area (Å²) in [5.41, 5.74) is 1.10. The molecule has 0 saturated carbocycles. The number of piperazine rings is 1. The highest BCUT2D eigenvalue weighted by molar-refractivity contribution is 5.85. The van der Waals surface area contributed by atoms with Crippen LogP contribution >= 0.6 is 12.4 Å². The Balaban J connectivity index is 0.00000180. The lowest BCUT2D eigenvalue weighted by Gasteiger charge is -2.27. The van der Waals surface area contributed by atoms with Crippen molar-refractivity contribution in [1.29, 1.82) is 0 Å². The van der Waals surface area contributed by atoms with Gasteiger partial charge in [0.1, 0.15) is 5.75 Å². The molecule has 0 aromatic heterocycles. The zero-order valence-electron chi connectivity index (χ0n) is 11.2. The third-order valence-electron chi connectivity index (χ3n) is 3.27. The largest absolute Gasteiger partial charge is 0.496 e. The number of carbonyl (C=O) groups is 1. The second kappa shape index (κ2) is 8.02. The van der Waals surface area contributed by atoms with Crippen LogP contribution < -0.4 is 10.1 Å². The van der Waals surface area contributed by atoms with Crippen LogP contribution in [-0.4, -0.2) is 44.1 Å². The van der Waals surface area contributed by atoms with Crippen LogP contribution in [-0.2, 0) is 11.2 Å². The molecule has 1 fully saturated rings. The number of halogens is 1. The van der Waals surface area contributed by atoms with Gasteiger partial charge >= 0.3 is 0 Å². The van der Waals surface area contributed by atoms with Gasteiger partial charge in [0.2, 0.25) is 5.91 Å². The van der Waals surface area contributed by atoms with Gasteiger partial charge in [-0.3, -0.25) is 4.79 Å². The fraction of sp³-hybridized carbons (Fsp3) is 0.500. The van der Waals surface area contributed by atoms with Crippen LogP contribution in [0.4, 0.5) is 0 Å². The van der Waals surface area contributed by atoms with Gasteiger partial charge in [-0.05, 0) is 18.1 Å². The van der Waals surface area contributed by atoms with E-state index in [4.69, 9.17) is 4.74 Å². The maximum atomic E-state index is 12.0. The van der Waals surface area contributed by atoms with E-state index in [1.165, 1.54) is 0 Å². The molecule has 1 amide bonds. The molecule has 1 N–H and O–H groups in total. The Labute approximate surface area is 120 Å². The molecule has 1 heterocycles. The summed E-state index contributed by atoms with van der Waals surface area (Å²) < 4.78 is 5.29. The summed E-state index contributed by atoms with van der Waals surface area (Å²) in [5, 5.41) is 3.25. The van der Waals surface area contributed by atoms with Crippen LogP contribution in [0.2, 0.25) is 0 Å². The number of methoxy groups -OCH3 is 1. The first kappa shape index (κ1) is 15.8. The molecule has 0 radical (unpaired) electrons. The van der Waals surface area contributed by atoms with Gasteiger partial charge in [-0.1, -0.05) is 18.2 Å². The summed E-state index contributed by atoms with van der Waals surface area (Å²) in [6, 6.07) is 7.88. The van der Waals surface area contributed by atoms with E-state index in [0.29, 0.717) is 6.42 Å². The van der Waals surface area contributed by atoms with Gasteiger partial charge < -0.3 is 15.0 Å². The monoisotopic (exact) mass is 284 g/mol. The minimum Gasteiger partial charge on any atom is -0.496 e. The van der Waals surface area contributed by atoms with E-state index in [2.05, 4.69) is 5.32 Å². The topological polar surface area (TPSA) is 41.6 Å². The van der Waals surface area contributed by atoms with Gasteiger partial charge in [0.05, 0.1) is 7.11 Å². The highest BCUT2D eigenvalue weighted by Crippen LogP contribution is 2.19. The molecule has 1 aliphatic rings. The van der Waals surface area contributed by atoms with Crippen LogP contribution in [0, 0.1) is 0 Å². The van der Waals surface area contributed by atoms with E-state index in [1.54, 1.807) is 7.11 Å². The molecular weight excluding hydrogens is 264 g/mol. The van der Waals surface area contributed by atoms with Crippen molar-refractivity contribution in [3.8, 4) is 5.75 Å². The summed E-state index contributed by atoms with van der Waals surface area (Å²) in [5.74, 6) is 1.10. The second-order valence-corrected chi connectivity index (χ2v) is 4.44. The number of aryl methyl sites for hydroxylation is 1. The van der Waals surface area contributed by atoms with Gasteiger partial charge in [0.25, 0.3) is 0 Å². The first-order valence-corrected chi connectivity index (χ1v) is 6.41. The quantitative estimate of drug-likeness (QED) is 0.911. The highest BCUT2D eigenvalue weighted by Gasteiger charge is 2.16. The molecule has 1 aliphatic heterocycles. The van der Waals surface area contributed by atoms with Crippen LogP contribution in [0.1, 0.15) is 12.0 Å². The fourth-order valence-electron chi connectivity index (χ4n) is 2.22. The summed E-state index contributed by atoms with van der Waals surface area (Å²) in [6.07, 6.45) is 1.30. The Morgan fingerprint density at radius 1 is 1.32 bits per heavy atom. The third kappa shape index (κ3) is 4.40. The van der Waals surface area contributed by atoms with Gasteiger partial charge in [-0.2, -0.15) is 0 Å². The number of ether oxygens (including phenoxy) is 1. The minimum atomic E-state index is 0. The molecule has 0 atom stereocenters. The smallest absolute Gasteiger partial charge is 0.222 e. The predicted molar refractivity (Wildman–Crippen MR) is 78.0 cm³/mol. The molecular formula is C14H21ClN2O2. The Hall–Kier alpha value is -1.26. The van der Waals surface area contributed by atoms with E-state index in [0.717, 1.165) is 43.9 Å². The predicted octanol–water partition coefficient (Wildman–Crippen LogP) is 1.48. The second-order valence-electron chi connectivity index (χ2n) is 4.44. The van der Waals surface area contributed by atoms with Gasteiger partial charge in [0.15, 0.2) is 0 Å². The van der Waals surface area contributed by atoms with E-state index in [-0.39, 0.29) is 18.3 Å². The molecule has 0 unspecified atom stereocenters. The van der Waals surface area contributed by atoms with Crippen molar-refractivity contribution in [2.75, 3.05) is 33.3 Å². The Bertz CT molecular complexity index is 406. The SMILES string of the molecule is COc1ccccc1CCC(=O)N1CCNCC1.Cl. The number of rotatable bonds is 4. The lowest BCUT2D eigenvalue weighted by molar-refractivity contribution is -0.131. The Morgan fingerprint density at radius 2 is 2.00 bits per heavy atom. The summed E-state index contributed by atoms with van der Waals surface area (Å²) >= 11 is 0. The standard InChI is InChI=1S/C14H20N2O2.ClH/c1-18-13-5-3-2-4-12(13)6-7-14(17)16-10-8-15-9-11-16;/h2-5,15H,6-11H2,1H3;1H. The molecule has 0 aliphatic carbocycles. The van der Waals surface area contributed by atoms with E-state index in [9.17, 15) is 4.79 Å². The number of carbonyl (C=O) groups excluding carboxylic acids is 1. The van der Waals surface area contributed by atoms with Gasteiger partial charge in [0, 0.05) is 32.6 Å². The van der Waals surface area contributed by atoms with E-state index < -0.39 is 0 Å². The molecule has 0 spiro atoms. The maximum Gasteiger partial charge on any atom is 0.222 e. The maximum absolute atomic E-state index is 12.0. The summed E-state index contributed by atoms with van der Waals surface area (Å²) in [6.45, 7) is 3.45. The zero-order valence-corrected chi connectivity index (χ0v) is 12.0. The van der Waals surface area contributed by atoms with Crippen molar-refractivity contribution in [2.24, 2.45) is 0 Å². The van der Waals surface area contributed by atoms with Crippen LogP contribution in [0.5, 0.6) is 5.75 Å². The van der Waals surface area contributed by atoms with Crippen LogP contribution in [0.3, 0.4) is 0 Å². The molecule has 1 saturated heterocycles. The molecule has 19 heavy (non-hydrogen) atoms. The summed E-state index contributed by atoms with van der Waals surface area (Å²) in [4.78, 5) is 14.0. The van der Waals surface area contributed by atoms with E-state index in [1.807, 2.05) is 29.2 Å². The number of nitrogens with one attached hydrogen (secondary N) is 1. The van der Waals surface area contributed by atoms with Gasteiger partial charge in [-0.15, -0.1) is 12.4 Å².